The zero-order valence-electron chi connectivity index (χ0n) is 27.4. The van der Waals surface area contributed by atoms with E-state index in [0.717, 1.165) is 44.0 Å². The molecule has 0 radical (unpaired) electrons. The molecule has 0 spiro atoms. The van der Waals surface area contributed by atoms with Crippen molar-refractivity contribution in [2.24, 2.45) is 0 Å². The zero-order valence-corrected chi connectivity index (χ0v) is 29.0. The molecule has 0 atom stereocenters. The smallest absolute Gasteiger partial charge is 0.234 e. The van der Waals surface area contributed by atoms with Crippen LogP contribution in [0.1, 0.15) is 0 Å². The van der Waals surface area contributed by atoms with Crippen molar-refractivity contribution in [3.05, 3.63) is 146 Å². The fourth-order valence-corrected chi connectivity index (χ4v) is 10.5. The SMILES string of the molecule is c1cnc(-n2c3ccc(-c4cnc(-n5c6ccccc6c6c7sc8ccccc8c7ccc65)nc4)cc3c3ccc4sc5ccccc5c4c32)nc1. The van der Waals surface area contributed by atoms with Crippen molar-refractivity contribution in [3.63, 3.8) is 0 Å². The van der Waals surface area contributed by atoms with Crippen LogP contribution in [-0.2, 0) is 0 Å². The minimum Gasteiger partial charge on any atom is -0.278 e. The summed E-state index contributed by atoms with van der Waals surface area (Å²) in [7, 11) is 0. The summed E-state index contributed by atoms with van der Waals surface area (Å²) < 4.78 is 9.52. The molecule has 6 aromatic carbocycles. The largest absolute Gasteiger partial charge is 0.278 e. The van der Waals surface area contributed by atoms with Crippen molar-refractivity contribution in [2.75, 3.05) is 0 Å². The van der Waals surface area contributed by atoms with Crippen LogP contribution >= 0.6 is 22.7 Å². The van der Waals surface area contributed by atoms with Gasteiger partial charge in [0.1, 0.15) is 0 Å². The van der Waals surface area contributed by atoms with Crippen LogP contribution < -0.4 is 0 Å². The molecule has 0 aliphatic heterocycles. The number of rotatable bonds is 3. The first-order valence-electron chi connectivity index (χ1n) is 17.1. The number of aromatic nitrogens is 6. The van der Waals surface area contributed by atoms with E-state index in [0.29, 0.717) is 11.9 Å². The van der Waals surface area contributed by atoms with Crippen LogP contribution in [0.5, 0.6) is 0 Å². The van der Waals surface area contributed by atoms with E-state index in [1.165, 1.54) is 51.1 Å². The molecule has 0 fully saturated rings. The molecular weight excluding hydrogens is 677 g/mol. The lowest BCUT2D eigenvalue weighted by molar-refractivity contribution is 0.989. The summed E-state index contributed by atoms with van der Waals surface area (Å²) in [6.45, 7) is 0. The van der Waals surface area contributed by atoms with Crippen LogP contribution in [0.15, 0.2) is 146 Å². The van der Waals surface area contributed by atoms with Crippen molar-refractivity contribution in [1.29, 1.82) is 0 Å². The Balaban J connectivity index is 1.05. The summed E-state index contributed by atoms with van der Waals surface area (Å²) in [4.78, 5) is 19.5. The van der Waals surface area contributed by atoms with Gasteiger partial charge in [0.2, 0.25) is 11.9 Å². The number of nitrogens with zero attached hydrogens (tertiary/aromatic N) is 6. The monoisotopic (exact) mass is 700 g/mol. The second kappa shape index (κ2) is 10.5. The molecule has 242 valence electrons. The van der Waals surface area contributed by atoms with E-state index >= 15 is 0 Å². The first-order chi connectivity index (χ1) is 25.8. The Morgan fingerprint density at radius 1 is 0.404 bits per heavy atom. The predicted octanol–water partition coefficient (Wildman–Crippen LogP) is 11.9. The van der Waals surface area contributed by atoms with Crippen LogP contribution in [-0.4, -0.2) is 29.1 Å². The Hall–Kier alpha value is -6.48. The molecular formula is C44H24N6S2. The summed E-state index contributed by atoms with van der Waals surface area (Å²) in [5.74, 6) is 1.31. The molecule has 6 nitrogen and oxygen atoms in total. The Morgan fingerprint density at radius 2 is 1.08 bits per heavy atom. The van der Waals surface area contributed by atoms with Gasteiger partial charge >= 0.3 is 0 Å². The van der Waals surface area contributed by atoms with Gasteiger partial charge in [-0.1, -0.05) is 72.8 Å². The van der Waals surface area contributed by atoms with Crippen LogP contribution in [0.3, 0.4) is 0 Å². The maximum Gasteiger partial charge on any atom is 0.234 e. The molecule has 0 saturated heterocycles. The molecule has 12 aromatic rings. The maximum absolute atomic E-state index is 5.02. The second-order valence-corrected chi connectivity index (χ2v) is 15.2. The van der Waals surface area contributed by atoms with Crippen molar-refractivity contribution >= 4 is 107 Å². The third-order valence-electron chi connectivity index (χ3n) is 10.4. The molecule has 12 rings (SSSR count). The Bertz CT molecular complexity index is 3410. The molecule has 0 saturated carbocycles. The van der Waals surface area contributed by atoms with Crippen molar-refractivity contribution in [3.8, 4) is 23.0 Å². The van der Waals surface area contributed by atoms with E-state index in [9.17, 15) is 0 Å². The molecule has 0 aliphatic rings. The minimum absolute atomic E-state index is 0.654. The Labute approximate surface area is 303 Å². The lowest BCUT2D eigenvalue weighted by Gasteiger charge is -2.08. The summed E-state index contributed by atoms with van der Waals surface area (Å²) >= 11 is 3.67. The Morgan fingerprint density at radius 3 is 1.92 bits per heavy atom. The molecule has 8 heteroatoms. The van der Waals surface area contributed by atoms with Gasteiger partial charge in [-0.05, 0) is 54.1 Å². The topological polar surface area (TPSA) is 61.4 Å². The Kier molecular flexibility index (Phi) is 5.71. The van der Waals surface area contributed by atoms with E-state index < -0.39 is 0 Å². The van der Waals surface area contributed by atoms with Gasteiger partial charge in [-0.2, -0.15) is 0 Å². The number of hydrogen-bond acceptors (Lipinski definition) is 6. The number of hydrogen-bond donors (Lipinski definition) is 0. The van der Waals surface area contributed by atoms with Gasteiger partial charge in [0.25, 0.3) is 0 Å². The average molecular weight is 701 g/mol. The van der Waals surface area contributed by atoms with Crippen LogP contribution in [0.4, 0.5) is 0 Å². The summed E-state index contributed by atoms with van der Waals surface area (Å²) in [5, 5.41) is 9.82. The first-order valence-corrected chi connectivity index (χ1v) is 18.8. The van der Waals surface area contributed by atoms with E-state index in [2.05, 4.69) is 124 Å². The van der Waals surface area contributed by atoms with Crippen molar-refractivity contribution in [1.82, 2.24) is 29.1 Å². The van der Waals surface area contributed by atoms with Gasteiger partial charge in [-0.3, -0.25) is 9.13 Å². The zero-order chi connectivity index (χ0) is 33.9. The van der Waals surface area contributed by atoms with Gasteiger partial charge in [-0.25, -0.2) is 19.9 Å². The molecule has 52 heavy (non-hydrogen) atoms. The maximum atomic E-state index is 5.02. The third-order valence-corrected chi connectivity index (χ3v) is 12.7. The third kappa shape index (κ3) is 3.82. The van der Waals surface area contributed by atoms with E-state index in [1.807, 2.05) is 41.1 Å². The standard InChI is InChI=1S/C44H24N6S2/c1-4-11-33-30(9-1)39-35(18-15-29-27-8-2-5-12-36(27)52-42(29)39)49(33)44-47-23-26(24-48-44)25-14-17-34-32(22-25)28-16-19-38-40(31-10-3-6-13-37(31)51-38)41(28)50(34)43-45-20-7-21-46-43/h1-24H. The highest BCUT2D eigenvalue weighted by atomic mass is 32.1. The molecule has 6 aromatic heterocycles. The molecule has 0 N–H and O–H groups in total. The van der Waals surface area contributed by atoms with Crippen LogP contribution in [0.25, 0.3) is 107 Å². The quantitative estimate of drug-likeness (QED) is 0.184. The van der Waals surface area contributed by atoms with E-state index in [-0.39, 0.29) is 0 Å². The van der Waals surface area contributed by atoms with Gasteiger partial charge in [0, 0.05) is 92.2 Å². The highest BCUT2D eigenvalue weighted by Crippen LogP contribution is 2.45. The van der Waals surface area contributed by atoms with Gasteiger partial charge in [0.05, 0.1) is 22.1 Å². The number of fused-ring (bicyclic) bond motifs is 14. The van der Waals surface area contributed by atoms with Crippen molar-refractivity contribution < 1.29 is 0 Å². The predicted molar refractivity (Wildman–Crippen MR) is 218 cm³/mol. The summed E-state index contributed by atoms with van der Waals surface area (Å²) in [6.07, 6.45) is 7.52. The molecule has 0 amide bonds. The molecule has 6 heterocycles. The van der Waals surface area contributed by atoms with Crippen LogP contribution in [0.2, 0.25) is 0 Å². The van der Waals surface area contributed by atoms with E-state index in [4.69, 9.17) is 19.9 Å². The highest BCUT2D eigenvalue weighted by molar-refractivity contribution is 7.27. The number of para-hydroxylation sites is 1. The van der Waals surface area contributed by atoms with Gasteiger partial charge < -0.3 is 0 Å². The number of thiophene rings is 2. The highest BCUT2D eigenvalue weighted by Gasteiger charge is 2.21. The normalized spacial score (nSPS) is 12.2. The van der Waals surface area contributed by atoms with Gasteiger partial charge in [0.15, 0.2) is 0 Å². The number of benzene rings is 6. The molecule has 0 unspecified atom stereocenters. The fourth-order valence-electron chi connectivity index (χ4n) is 8.15. The average Bonchev–Trinajstić information content (AvgIpc) is 3.95. The van der Waals surface area contributed by atoms with E-state index in [1.54, 1.807) is 12.4 Å². The summed E-state index contributed by atoms with van der Waals surface area (Å²) in [5.41, 5.74) is 6.40. The first kappa shape index (κ1) is 28.2. The summed E-state index contributed by atoms with van der Waals surface area (Å²) in [6, 6.07) is 43.3. The van der Waals surface area contributed by atoms with Crippen molar-refractivity contribution in [2.45, 2.75) is 0 Å². The van der Waals surface area contributed by atoms with Crippen LogP contribution in [0, 0.1) is 0 Å². The minimum atomic E-state index is 0.654. The fraction of sp³-hybridized carbons (Fsp3) is 0. The lowest BCUT2D eigenvalue weighted by atomic mass is 10.0. The molecule has 0 bridgehead atoms. The second-order valence-electron chi connectivity index (χ2n) is 13.1. The molecule has 0 aliphatic carbocycles. The lowest BCUT2D eigenvalue weighted by Crippen LogP contribution is -2.01. The van der Waals surface area contributed by atoms with Gasteiger partial charge in [-0.15, -0.1) is 22.7 Å².